The molecule has 0 aliphatic carbocycles. The number of piperidine rings is 2. The number of likely N-dealkylation sites (tertiary alicyclic amines) is 2. The SMILES string of the molecule is CC[C@H]1CCCCN1C(=O)CN(C)CC1CCN(CCO)CC1. The summed E-state index contributed by atoms with van der Waals surface area (Å²) < 4.78 is 0. The van der Waals surface area contributed by atoms with Crippen LogP contribution in [0.4, 0.5) is 0 Å². The molecule has 23 heavy (non-hydrogen) atoms. The van der Waals surface area contributed by atoms with Gasteiger partial charge < -0.3 is 14.9 Å². The quantitative estimate of drug-likeness (QED) is 0.769. The fourth-order valence-electron chi connectivity index (χ4n) is 4.11. The average Bonchev–Trinajstić information content (AvgIpc) is 2.56. The Balaban J connectivity index is 1.72. The third-order valence-corrected chi connectivity index (χ3v) is 5.52. The van der Waals surface area contributed by atoms with Crippen LogP contribution in [0, 0.1) is 5.92 Å². The lowest BCUT2D eigenvalue weighted by atomic mass is 9.96. The summed E-state index contributed by atoms with van der Waals surface area (Å²) >= 11 is 0. The molecule has 134 valence electrons. The highest BCUT2D eigenvalue weighted by atomic mass is 16.3. The van der Waals surface area contributed by atoms with E-state index >= 15 is 0 Å². The first-order chi connectivity index (χ1) is 11.1. The summed E-state index contributed by atoms with van der Waals surface area (Å²) in [5.41, 5.74) is 0. The Labute approximate surface area is 141 Å². The van der Waals surface area contributed by atoms with E-state index in [4.69, 9.17) is 5.11 Å². The van der Waals surface area contributed by atoms with Crippen LogP contribution in [0.5, 0.6) is 0 Å². The first-order valence-electron chi connectivity index (χ1n) is 9.45. The molecule has 5 nitrogen and oxygen atoms in total. The van der Waals surface area contributed by atoms with Gasteiger partial charge in [-0.2, -0.15) is 0 Å². The Hall–Kier alpha value is -0.650. The van der Waals surface area contributed by atoms with Crippen LogP contribution in [0.3, 0.4) is 0 Å². The molecule has 2 fully saturated rings. The van der Waals surface area contributed by atoms with E-state index in [9.17, 15) is 4.79 Å². The molecule has 2 rings (SSSR count). The molecule has 0 aromatic carbocycles. The van der Waals surface area contributed by atoms with Gasteiger partial charge in [0.05, 0.1) is 13.2 Å². The van der Waals surface area contributed by atoms with Gasteiger partial charge in [-0.3, -0.25) is 9.69 Å². The number of amides is 1. The van der Waals surface area contributed by atoms with Crippen LogP contribution in [-0.4, -0.2) is 84.7 Å². The molecular weight excluding hydrogens is 290 g/mol. The average molecular weight is 325 g/mol. The molecule has 5 heteroatoms. The number of aliphatic hydroxyl groups excluding tert-OH is 1. The predicted octanol–water partition coefficient (Wildman–Crippen LogP) is 1.41. The van der Waals surface area contributed by atoms with Gasteiger partial charge in [-0.15, -0.1) is 0 Å². The van der Waals surface area contributed by atoms with Crippen molar-refractivity contribution in [2.45, 2.75) is 51.5 Å². The highest BCUT2D eigenvalue weighted by Crippen LogP contribution is 2.21. The molecule has 0 aromatic rings. The van der Waals surface area contributed by atoms with E-state index in [2.05, 4.69) is 28.7 Å². The number of aliphatic hydroxyl groups is 1. The van der Waals surface area contributed by atoms with Gasteiger partial charge in [0.15, 0.2) is 0 Å². The van der Waals surface area contributed by atoms with Crippen LogP contribution >= 0.6 is 0 Å². The number of hydrogen-bond donors (Lipinski definition) is 1. The second-order valence-corrected chi connectivity index (χ2v) is 7.35. The molecule has 0 saturated carbocycles. The van der Waals surface area contributed by atoms with Gasteiger partial charge in [0.2, 0.25) is 5.91 Å². The largest absolute Gasteiger partial charge is 0.395 e. The predicted molar refractivity (Wildman–Crippen MR) is 93.4 cm³/mol. The molecular formula is C18H35N3O2. The maximum atomic E-state index is 12.6. The van der Waals surface area contributed by atoms with Crippen molar-refractivity contribution in [2.75, 3.05) is 52.9 Å². The van der Waals surface area contributed by atoms with Crippen molar-refractivity contribution in [2.24, 2.45) is 5.92 Å². The first-order valence-corrected chi connectivity index (χ1v) is 9.45. The lowest BCUT2D eigenvalue weighted by Gasteiger charge is -2.37. The number of carbonyl (C=O) groups is 1. The van der Waals surface area contributed by atoms with Crippen molar-refractivity contribution < 1.29 is 9.90 Å². The van der Waals surface area contributed by atoms with Crippen molar-refractivity contribution in [3.05, 3.63) is 0 Å². The summed E-state index contributed by atoms with van der Waals surface area (Å²) in [6.45, 7) is 7.94. The minimum absolute atomic E-state index is 0.257. The number of nitrogens with zero attached hydrogens (tertiary/aromatic N) is 3. The van der Waals surface area contributed by atoms with E-state index in [-0.39, 0.29) is 6.61 Å². The van der Waals surface area contributed by atoms with Crippen molar-refractivity contribution in [1.82, 2.24) is 14.7 Å². The zero-order chi connectivity index (χ0) is 16.7. The van der Waals surface area contributed by atoms with Crippen LogP contribution < -0.4 is 0 Å². The minimum atomic E-state index is 0.257. The molecule has 0 aromatic heterocycles. The lowest BCUT2D eigenvalue weighted by Crippen LogP contribution is -2.48. The number of rotatable bonds is 7. The smallest absolute Gasteiger partial charge is 0.236 e. The van der Waals surface area contributed by atoms with E-state index in [1.165, 1.54) is 25.7 Å². The van der Waals surface area contributed by atoms with Gasteiger partial charge in [-0.05, 0) is 64.6 Å². The summed E-state index contributed by atoms with van der Waals surface area (Å²) in [5.74, 6) is 1.00. The van der Waals surface area contributed by atoms with E-state index in [0.29, 0.717) is 24.4 Å². The van der Waals surface area contributed by atoms with Crippen molar-refractivity contribution >= 4 is 5.91 Å². The molecule has 1 amide bonds. The van der Waals surface area contributed by atoms with Crippen LogP contribution in [0.1, 0.15) is 45.4 Å². The number of β-amino-alcohol motifs (C(OH)–C–C–N with tert-alkyl or cyclic N) is 1. The van der Waals surface area contributed by atoms with Gasteiger partial charge in [-0.25, -0.2) is 0 Å². The number of carbonyl (C=O) groups excluding carboxylic acids is 1. The molecule has 0 bridgehead atoms. The minimum Gasteiger partial charge on any atom is -0.395 e. The standard InChI is InChI=1S/C18H35N3O2/c1-3-17-6-4-5-9-21(17)18(23)15-19(2)14-16-7-10-20(11-8-16)12-13-22/h16-17,22H,3-15H2,1-2H3/t17-/m0/s1. The maximum Gasteiger partial charge on any atom is 0.236 e. The lowest BCUT2D eigenvalue weighted by molar-refractivity contribution is -0.136. The third kappa shape index (κ3) is 5.73. The number of hydrogen-bond acceptors (Lipinski definition) is 4. The summed E-state index contributed by atoms with van der Waals surface area (Å²) in [6, 6.07) is 0.464. The fraction of sp³-hybridized carbons (Fsp3) is 0.944. The fourth-order valence-corrected chi connectivity index (χ4v) is 4.11. The van der Waals surface area contributed by atoms with Crippen LogP contribution in [0.15, 0.2) is 0 Å². The second-order valence-electron chi connectivity index (χ2n) is 7.35. The molecule has 0 radical (unpaired) electrons. The molecule has 0 unspecified atom stereocenters. The Morgan fingerprint density at radius 3 is 2.57 bits per heavy atom. The van der Waals surface area contributed by atoms with Gasteiger partial charge in [0.1, 0.15) is 0 Å². The first kappa shape index (κ1) is 18.7. The van der Waals surface area contributed by atoms with Gasteiger partial charge in [-0.1, -0.05) is 6.92 Å². The summed E-state index contributed by atoms with van der Waals surface area (Å²) in [6.07, 6.45) is 7.05. The summed E-state index contributed by atoms with van der Waals surface area (Å²) in [4.78, 5) is 19.3. The second kappa shape index (κ2) is 9.60. The number of likely N-dealkylation sites (N-methyl/N-ethyl adjacent to an activating group) is 1. The zero-order valence-electron chi connectivity index (χ0n) is 15.0. The van der Waals surface area contributed by atoms with Gasteiger partial charge >= 0.3 is 0 Å². The summed E-state index contributed by atoms with van der Waals surface area (Å²) in [5, 5.41) is 9.00. The van der Waals surface area contributed by atoms with E-state index in [1.807, 2.05) is 0 Å². The van der Waals surface area contributed by atoms with Crippen LogP contribution in [-0.2, 0) is 4.79 Å². The Bertz CT molecular complexity index is 356. The third-order valence-electron chi connectivity index (χ3n) is 5.52. The Kier molecular flexibility index (Phi) is 7.80. The summed E-state index contributed by atoms with van der Waals surface area (Å²) in [7, 11) is 2.09. The van der Waals surface area contributed by atoms with E-state index in [1.54, 1.807) is 0 Å². The maximum absolute atomic E-state index is 12.6. The van der Waals surface area contributed by atoms with E-state index < -0.39 is 0 Å². The molecule has 2 aliphatic rings. The Morgan fingerprint density at radius 2 is 1.91 bits per heavy atom. The Morgan fingerprint density at radius 1 is 1.17 bits per heavy atom. The molecule has 2 heterocycles. The van der Waals surface area contributed by atoms with Crippen LogP contribution in [0.2, 0.25) is 0 Å². The van der Waals surface area contributed by atoms with E-state index in [0.717, 1.165) is 45.6 Å². The molecule has 2 aliphatic heterocycles. The highest BCUT2D eigenvalue weighted by molar-refractivity contribution is 5.78. The van der Waals surface area contributed by atoms with Crippen LogP contribution in [0.25, 0.3) is 0 Å². The highest BCUT2D eigenvalue weighted by Gasteiger charge is 2.27. The normalized spacial score (nSPS) is 24.3. The van der Waals surface area contributed by atoms with Crippen molar-refractivity contribution in [1.29, 1.82) is 0 Å². The molecule has 0 spiro atoms. The van der Waals surface area contributed by atoms with Crippen molar-refractivity contribution in [3.8, 4) is 0 Å². The van der Waals surface area contributed by atoms with Gasteiger partial charge in [0, 0.05) is 25.7 Å². The van der Waals surface area contributed by atoms with Crippen molar-refractivity contribution in [3.63, 3.8) is 0 Å². The molecule has 2 saturated heterocycles. The van der Waals surface area contributed by atoms with Gasteiger partial charge in [0.25, 0.3) is 0 Å². The zero-order valence-corrected chi connectivity index (χ0v) is 15.0. The molecule has 1 atom stereocenters. The molecule has 1 N–H and O–H groups in total. The topological polar surface area (TPSA) is 47.0 Å². The monoisotopic (exact) mass is 325 g/mol.